The van der Waals surface area contributed by atoms with Gasteiger partial charge in [-0.2, -0.15) is 4.98 Å². The van der Waals surface area contributed by atoms with E-state index in [1.807, 2.05) is 24.3 Å². The van der Waals surface area contributed by atoms with Gasteiger partial charge in [-0.05, 0) is 54.1 Å². The molecule has 2 heterocycles. The van der Waals surface area contributed by atoms with Gasteiger partial charge >= 0.3 is 0 Å². The van der Waals surface area contributed by atoms with Crippen LogP contribution in [-0.2, 0) is 19.6 Å². The van der Waals surface area contributed by atoms with Crippen LogP contribution in [-0.4, -0.2) is 28.0 Å². The fourth-order valence-corrected chi connectivity index (χ4v) is 3.18. The Bertz CT molecular complexity index is 1120. The maximum Gasteiger partial charge on any atom is 0.251 e. The third kappa shape index (κ3) is 5.23. The van der Waals surface area contributed by atoms with Crippen LogP contribution >= 0.6 is 0 Å². The predicted molar refractivity (Wildman–Crippen MR) is 111 cm³/mol. The van der Waals surface area contributed by atoms with E-state index in [-0.39, 0.29) is 11.7 Å². The molecule has 1 N–H and O–H groups in total. The molecule has 0 saturated heterocycles. The van der Waals surface area contributed by atoms with E-state index in [0.717, 1.165) is 11.3 Å². The Balaban J connectivity index is 1.50. The molecule has 1 amide bonds. The predicted octanol–water partition coefficient (Wildman–Crippen LogP) is 4.03. The van der Waals surface area contributed by atoms with Gasteiger partial charge in [-0.25, -0.2) is 4.39 Å². The van der Waals surface area contributed by atoms with Crippen LogP contribution in [0.2, 0.25) is 0 Å². The quantitative estimate of drug-likeness (QED) is 0.463. The number of rotatable bonds is 8. The summed E-state index contributed by atoms with van der Waals surface area (Å²) in [7, 11) is 1.60. The molecule has 0 saturated carbocycles. The summed E-state index contributed by atoms with van der Waals surface area (Å²) < 4.78 is 24.1. The van der Waals surface area contributed by atoms with Crippen molar-refractivity contribution in [3.63, 3.8) is 0 Å². The van der Waals surface area contributed by atoms with E-state index in [2.05, 4.69) is 20.4 Å². The average molecular weight is 420 g/mol. The minimum absolute atomic E-state index is 0.127. The van der Waals surface area contributed by atoms with Gasteiger partial charge in [-0.1, -0.05) is 17.3 Å². The lowest BCUT2D eigenvalue weighted by atomic mass is 10.1. The van der Waals surface area contributed by atoms with E-state index in [9.17, 15) is 9.18 Å². The average Bonchev–Trinajstić information content (AvgIpc) is 3.46. The highest BCUT2D eigenvalue weighted by atomic mass is 19.1. The molecule has 7 nitrogen and oxygen atoms in total. The fourth-order valence-electron chi connectivity index (χ4n) is 3.18. The molecule has 8 heteroatoms. The molecule has 2 aromatic carbocycles. The highest BCUT2D eigenvalue weighted by Gasteiger charge is 2.16. The number of furan rings is 1. The van der Waals surface area contributed by atoms with Gasteiger partial charge in [-0.3, -0.25) is 9.69 Å². The first-order valence-corrected chi connectivity index (χ1v) is 9.75. The Hall–Kier alpha value is -3.78. The number of halogens is 1. The van der Waals surface area contributed by atoms with Crippen molar-refractivity contribution in [2.45, 2.75) is 19.6 Å². The Morgan fingerprint density at radius 2 is 1.81 bits per heavy atom. The van der Waals surface area contributed by atoms with E-state index in [1.54, 1.807) is 37.6 Å². The zero-order chi connectivity index (χ0) is 21.6. The lowest BCUT2D eigenvalue weighted by molar-refractivity contribution is 0.0963. The normalized spacial score (nSPS) is 11.1. The Kier molecular flexibility index (Phi) is 6.18. The molecule has 0 bridgehead atoms. The summed E-state index contributed by atoms with van der Waals surface area (Å²) in [5, 5.41) is 6.62. The molecular weight excluding hydrogens is 399 g/mol. The second-order valence-electron chi connectivity index (χ2n) is 7.02. The fraction of sp³-hybridized carbons (Fsp3) is 0.174. The molecule has 4 aromatic rings. The van der Waals surface area contributed by atoms with E-state index in [0.29, 0.717) is 42.5 Å². The van der Waals surface area contributed by atoms with Crippen LogP contribution in [0.4, 0.5) is 4.39 Å². The lowest BCUT2D eigenvalue weighted by Crippen LogP contribution is -2.22. The maximum absolute atomic E-state index is 13.2. The number of carbonyl (C=O) groups excluding carboxylic acids is 1. The maximum atomic E-state index is 13.2. The minimum Gasteiger partial charge on any atom is -0.468 e. The summed E-state index contributed by atoms with van der Waals surface area (Å²) >= 11 is 0. The summed E-state index contributed by atoms with van der Waals surface area (Å²) in [6, 6.07) is 17.1. The van der Waals surface area contributed by atoms with Crippen LogP contribution in [0, 0.1) is 5.82 Å². The second kappa shape index (κ2) is 9.36. The Labute approximate surface area is 178 Å². The van der Waals surface area contributed by atoms with Gasteiger partial charge in [0.1, 0.15) is 11.6 Å². The standard InChI is InChI=1S/C23H21FN4O3/c1-25-23(29)18-6-4-16(5-7-18)13-28(14-20-3-2-12-30-20)15-21-26-22(27-31-21)17-8-10-19(24)11-9-17/h2-12H,13-15H2,1H3,(H,25,29). The molecule has 0 aliphatic rings. The number of carbonyl (C=O) groups is 1. The first-order valence-electron chi connectivity index (χ1n) is 9.75. The number of amides is 1. The van der Waals surface area contributed by atoms with Crippen molar-refractivity contribution in [1.29, 1.82) is 0 Å². The van der Waals surface area contributed by atoms with Crippen molar-refractivity contribution in [3.8, 4) is 11.4 Å². The second-order valence-corrected chi connectivity index (χ2v) is 7.02. The van der Waals surface area contributed by atoms with Gasteiger partial charge in [0.2, 0.25) is 11.7 Å². The van der Waals surface area contributed by atoms with Gasteiger partial charge in [0.25, 0.3) is 5.91 Å². The van der Waals surface area contributed by atoms with Crippen molar-refractivity contribution in [2.24, 2.45) is 0 Å². The van der Waals surface area contributed by atoms with Gasteiger partial charge < -0.3 is 14.3 Å². The molecule has 158 valence electrons. The van der Waals surface area contributed by atoms with Crippen molar-refractivity contribution in [2.75, 3.05) is 7.05 Å². The van der Waals surface area contributed by atoms with Crippen LogP contribution in [0.3, 0.4) is 0 Å². The summed E-state index contributed by atoms with van der Waals surface area (Å²) in [6.45, 7) is 1.52. The zero-order valence-corrected chi connectivity index (χ0v) is 16.9. The summed E-state index contributed by atoms with van der Waals surface area (Å²) in [4.78, 5) is 18.3. The number of hydrogen-bond donors (Lipinski definition) is 1. The largest absolute Gasteiger partial charge is 0.468 e. The number of nitrogens with one attached hydrogen (secondary N) is 1. The van der Waals surface area contributed by atoms with Gasteiger partial charge in [-0.15, -0.1) is 0 Å². The van der Waals surface area contributed by atoms with Crippen molar-refractivity contribution in [1.82, 2.24) is 20.4 Å². The summed E-state index contributed by atoms with van der Waals surface area (Å²) in [5.74, 6) is 1.20. The number of nitrogens with zero attached hydrogens (tertiary/aromatic N) is 3. The van der Waals surface area contributed by atoms with Crippen LogP contribution < -0.4 is 5.32 Å². The highest BCUT2D eigenvalue weighted by Crippen LogP contribution is 2.19. The third-order valence-corrected chi connectivity index (χ3v) is 4.74. The van der Waals surface area contributed by atoms with Crippen LogP contribution in [0.25, 0.3) is 11.4 Å². The number of hydrogen-bond acceptors (Lipinski definition) is 6. The molecule has 0 aliphatic carbocycles. The minimum atomic E-state index is -0.320. The summed E-state index contributed by atoms with van der Waals surface area (Å²) in [5.41, 5.74) is 2.31. The van der Waals surface area contributed by atoms with Gasteiger partial charge in [0, 0.05) is 24.7 Å². The van der Waals surface area contributed by atoms with Crippen molar-refractivity contribution in [3.05, 3.63) is 95.5 Å². The van der Waals surface area contributed by atoms with Gasteiger partial charge in [0.15, 0.2) is 0 Å². The third-order valence-electron chi connectivity index (χ3n) is 4.74. The van der Waals surface area contributed by atoms with Gasteiger partial charge in [0.05, 0.1) is 19.4 Å². The molecule has 0 unspecified atom stereocenters. The van der Waals surface area contributed by atoms with Crippen LogP contribution in [0.1, 0.15) is 27.6 Å². The summed E-state index contributed by atoms with van der Waals surface area (Å²) in [6.07, 6.45) is 1.63. The van der Waals surface area contributed by atoms with E-state index in [1.165, 1.54) is 12.1 Å². The molecule has 0 spiro atoms. The number of aromatic nitrogens is 2. The number of benzene rings is 2. The molecule has 31 heavy (non-hydrogen) atoms. The zero-order valence-electron chi connectivity index (χ0n) is 16.9. The van der Waals surface area contributed by atoms with E-state index in [4.69, 9.17) is 8.94 Å². The molecule has 4 rings (SSSR count). The van der Waals surface area contributed by atoms with Crippen molar-refractivity contribution >= 4 is 5.91 Å². The topological polar surface area (TPSA) is 84.4 Å². The molecule has 0 fully saturated rings. The lowest BCUT2D eigenvalue weighted by Gasteiger charge is -2.19. The smallest absolute Gasteiger partial charge is 0.251 e. The van der Waals surface area contributed by atoms with E-state index < -0.39 is 0 Å². The van der Waals surface area contributed by atoms with E-state index >= 15 is 0 Å². The SMILES string of the molecule is CNC(=O)c1ccc(CN(Cc2ccco2)Cc2nc(-c3ccc(F)cc3)no2)cc1. The Morgan fingerprint density at radius 3 is 2.48 bits per heavy atom. The first kappa shape index (κ1) is 20.5. The molecule has 0 radical (unpaired) electrons. The molecule has 0 aliphatic heterocycles. The van der Waals surface area contributed by atoms with Crippen molar-refractivity contribution < 1.29 is 18.1 Å². The molecule has 0 atom stereocenters. The van der Waals surface area contributed by atoms with Crippen LogP contribution in [0.5, 0.6) is 0 Å². The Morgan fingerprint density at radius 1 is 1.03 bits per heavy atom. The molecular formula is C23H21FN4O3. The highest BCUT2D eigenvalue weighted by molar-refractivity contribution is 5.93. The first-order chi connectivity index (χ1) is 15.1. The van der Waals surface area contributed by atoms with Crippen LogP contribution in [0.15, 0.2) is 75.9 Å². The molecule has 2 aromatic heterocycles. The monoisotopic (exact) mass is 420 g/mol.